The van der Waals surface area contributed by atoms with E-state index in [9.17, 15) is 4.79 Å². The summed E-state index contributed by atoms with van der Waals surface area (Å²) in [5.41, 5.74) is 2.71. The van der Waals surface area contributed by atoms with E-state index in [2.05, 4.69) is 36.2 Å². The predicted octanol–water partition coefficient (Wildman–Crippen LogP) is 3.83. The van der Waals surface area contributed by atoms with Crippen LogP contribution in [0.1, 0.15) is 56.7 Å². The second-order valence-corrected chi connectivity index (χ2v) is 10.2. The van der Waals surface area contributed by atoms with Gasteiger partial charge in [0, 0.05) is 25.7 Å². The molecule has 4 atom stereocenters. The van der Waals surface area contributed by atoms with Crippen molar-refractivity contribution in [3.63, 3.8) is 0 Å². The highest BCUT2D eigenvalue weighted by Gasteiger charge is 2.40. The molecule has 0 aromatic heterocycles. The Kier molecular flexibility index (Phi) is 7.62. The zero-order valence-corrected chi connectivity index (χ0v) is 20.2. The van der Waals surface area contributed by atoms with Crippen molar-refractivity contribution in [2.45, 2.75) is 52.0 Å². The molecule has 3 aliphatic rings. The number of hydrogen-bond acceptors (Lipinski definition) is 6. The van der Waals surface area contributed by atoms with E-state index in [-0.39, 0.29) is 11.9 Å². The maximum Gasteiger partial charge on any atom is 0.310 e. The molecule has 1 aromatic rings. The number of methoxy groups -OCH3 is 2. The molecule has 4 rings (SSSR count). The van der Waals surface area contributed by atoms with Gasteiger partial charge in [-0.25, -0.2) is 0 Å². The lowest BCUT2D eigenvalue weighted by Gasteiger charge is -2.47. The molecule has 0 spiro atoms. The number of carbonyl (C=O) groups excluding carboxylic acids is 1. The molecule has 3 heterocycles. The van der Waals surface area contributed by atoms with Gasteiger partial charge in [-0.05, 0) is 79.7 Å². The Morgan fingerprint density at radius 3 is 2.66 bits per heavy atom. The zero-order valence-electron chi connectivity index (χ0n) is 20.2. The highest BCUT2D eigenvalue weighted by Crippen LogP contribution is 2.45. The Labute approximate surface area is 193 Å². The Morgan fingerprint density at radius 1 is 1.19 bits per heavy atom. The topological polar surface area (TPSA) is 60.0 Å². The fourth-order valence-corrected chi connectivity index (χ4v) is 5.94. The van der Waals surface area contributed by atoms with Gasteiger partial charge in [-0.15, -0.1) is 0 Å². The van der Waals surface area contributed by atoms with Crippen LogP contribution in [0.4, 0.5) is 0 Å². The maximum atomic E-state index is 12.7. The lowest BCUT2D eigenvalue weighted by molar-refractivity contribution is -0.152. The van der Waals surface area contributed by atoms with E-state index in [0.29, 0.717) is 30.4 Å². The van der Waals surface area contributed by atoms with Crippen molar-refractivity contribution in [3.05, 3.63) is 23.3 Å². The fourth-order valence-electron chi connectivity index (χ4n) is 5.94. The van der Waals surface area contributed by atoms with Gasteiger partial charge >= 0.3 is 5.97 Å². The van der Waals surface area contributed by atoms with Crippen molar-refractivity contribution in [2.75, 3.05) is 47.0 Å². The van der Waals surface area contributed by atoms with Gasteiger partial charge in [-0.1, -0.05) is 13.8 Å². The minimum absolute atomic E-state index is 0.0134. The van der Waals surface area contributed by atoms with Crippen molar-refractivity contribution in [3.8, 4) is 11.5 Å². The first-order chi connectivity index (χ1) is 15.5. The highest BCUT2D eigenvalue weighted by atomic mass is 16.5. The zero-order chi connectivity index (χ0) is 22.7. The quantitative estimate of drug-likeness (QED) is 0.645. The Bertz CT molecular complexity index is 790. The first-order valence-corrected chi connectivity index (χ1v) is 12.4. The van der Waals surface area contributed by atoms with Gasteiger partial charge in [0.05, 0.1) is 26.7 Å². The van der Waals surface area contributed by atoms with Gasteiger partial charge in [0.1, 0.15) is 0 Å². The van der Waals surface area contributed by atoms with Crippen LogP contribution in [0.25, 0.3) is 0 Å². The third-order valence-corrected chi connectivity index (χ3v) is 7.62. The van der Waals surface area contributed by atoms with Gasteiger partial charge in [-0.2, -0.15) is 0 Å². The molecular formula is C26H40N2O4. The average Bonchev–Trinajstić information content (AvgIpc) is 2.81. The molecule has 32 heavy (non-hydrogen) atoms. The number of benzene rings is 1. The van der Waals surface area contributed by atoms with Crippen LogP contribution in [0, 0.1) is 23.7 Å². The lowest BCUT2D eigenvalue weighted by Crippen LogP contribution is -2.47. The minimum atomic E-state index is -0.0154. The van der Waals surface area contributed by atoms with Crippen molar-refractivity contribution in [1.29, 1.82) is 0 Å². The van der Waals surface area contributed by atoms with Crippen molar-refractivity contribution in [1.82, 2.24) is 10.2 Å². The normalized spacial score (nSPS) is 28.0. The molecule has 0 amide bonds. The number of piperidine rings is 2. The SMILES string of the molecule is COc1cc2c(cc1OC)C1CC(COC(=O)[C@@H]3CCCNC3)C(CC(C)C)CN1CC2. The molecule has 2 saturated heterocycles. The molecule has 0 radical (unpaired) electrons. The van der Waals surface area contributed by atoms with E-state index >= 15 is 0 Å². The van der Waals surface area contributed by atoms with Crippen LogP contribution in [0.15, 0.2) is 12.1 Å². The van der Waals surface area contributed by atoms with Crippen LogP contribution in [-0.4, -0.2) is 57.9 Å². The summed E-state index contributed by atoms with van der Waals surface area (Å²) in [5.74, 6) is 3.19. The van der Waals surface area contributed by atoms with Crippen LogP contribution < -0.4 is 14.8 Å². The number of nitrogens with one attached hydrogen (secondary N) is 1. The molecule has 6 nitrogen and oxygen atoms in total. The van der Waals surface area contributed by atoms with Gasteiger partial charge in [0.2, 0.25) is 0 Å². The van der Waals surface area contributed by atoms with Gasteiger partial charge in [0.15, 0.2) is 11.5 Å². The molecule has 0 aliphatic carbocycles. The molecule has 3 aliphatic heterocycles. The van der Waals surface area contributed by atoms with Crippen LogP contribution in [0.3, 0.4) is 0 Å². The second-order valence-electron chi connectivity index (χ2n) is 10.2. The molecule has 2 fully saturated rings. The smallest absolute Gasteiger partial charge is 0.310 e. The number of ether oxygens (including phenoxy) is 3. The van der Waals surface area contributed by atoms with E-state index in [1.165, 1.54) is 17.5 Å². The fraction of sp³-hybridized carbons (Fsp3) is 0.731. The first-order valence-electron chi connectivity index (χ1n) is 12.4. The Hall–Kier alpha value is -1.79. The van der Waals surface area contributed by atoms with E-state index < -0.39 is 0 Å². The van der Waals surface area contributed by atoms with E-state index in [4.69, 9.17) is 14.2 Å². The summed E-state index contributed by atoms with van der Waals surface area (Å²) in [7, 11) is 3.40. The van der Waals surface area contributed by atoms with Crippen LogP contribution in [0.5, 0.6) is 11.5 Å². The summed E-state index contributed by atoms with van der Waals surface area (Å²) in [6.07, 6.45) is 5.23. The number of rotatable bonds is 7. The molecule has 0 bridgehead atoms. The van der Waals surface area contributed by atoms with E-state index in [1.54, 1.807) is 14.2 Å². The van der Waals surface area contributed by atoms with Crippen molar-refractivity contribution < 1.29 is 19.0 Å². The van der Waals surface area contributed by atoms with E-state index in [0.717, 1.165) is 63.4 Å². The standard InChI is InChI=1S/C26H40N2O4/c1-17(2)10-20-15-28-9-7-18-12-24(30-3)25(31-4)13-22(18)23(28)11-21(20)16-32-26(29)19-6-5-8-27-14-19/h12-13,17,19-21,23,27H,5-11,14-16H2,1-4H3/t19-,20?,21?,23?/m1/s1. The molecule has 0 saturated carbocycles. The molecular weight excluding hydrogens is 404 g/mol. The largest absolute Gasteiger partial charge is 0.493 e. The van der Waals surface area contributed by atoms with Crippen LogP contribution in [0.2, 0.25) is 0 Å². The average molecular weight is 445 g/mol. The number of esters is 1. The molecule has 1 N–H and O–H groups in total. The highest BCUT2D eigenvalue weighted by molar-refractivity contribution is 5.72. The molecule has 178 valence electrons. The van der Waals surface area contributed by atoms with Gasteiger partial charge in [0.25, 0.3) is 0 Å². The maximum absolute atomic E-state index is 12.7. The van der Waals surface area contributed by atoms with Crippen LogP contribution >= 0.6 is 0 Å². The predicted molar refractivity (Wildman–Crippen MR) is 125 cm³/mol. The van der Waals surface area contributed by atoms with E-state index in [1.807, 2.05) is 0 Å². The third-order valence-electron chi connectivity index (χ3n) is 7.62. The first kappa shape index (κ1) is 23.4. The van der Waals surface area contributed by atoms with Gasteiger partial charge < -0.3 is 19.5 Å². The van der Waals surface area contributed by atoms with Crippen LogP contribution in [-0.2, 0) is 16.0 Å². The summed E-state index contributed by atoms with van der Waals surface area (Å²) in [6.45, 7) is 9.04. The second kappa shape index (κ2) is 10.4. The minimum Gasteiger partial charge on any atom is -0.493 e. The number of hydrogen-bond donors (Lipinski definition) is 1. The molecule has 6 heteroatoms. The number of fused-ring (bicyclic) bond motifs is 3. The summed E-state index contributed by atoms with van der Waals surface area (Å²) in [6, 6.07) is 4.67. The van der Waals surface area contributed by atoms with Crippen molar-refractivity contribution >= 4 is 5.97 Å². The Balaban J connectivity index is 1.51. The number of carbonyl (C=O) groups is 1. The molecule has 3 unspecified atom stereocenters. The Morgan fingerprint density at radius 2 is 1.97 bits per heavy atom. The summed E-state index contributed by atoms with van der Waals surface area (Å²) >= 11 is 0. The number of nitrogens with zero attached hydrogens (tertiary/aromatic N) is 1. The lowest BCUT2D eigenvalue weighted by atomic mass is 9.74. The summed E-state index contributed by atoms with van der Waals surface area (Å²) in [4.78, 5) is 15.3. The third kappa shape index (κ3) is 5.07. The molecule has 1 aromatic carbocycles. The summed E-state index contributed by atoms with van der Waals surface area (Å²) in [5, 5.41) is 3.33. The van der Waals surface area contributed by atoms with Crippen molar-refractivity contribution in [2.24, 2.45) is 23.7 Å². The summed E-state index contributed by atoms with van der Waals surface area (Å²) < 4.78 is 17.1. The monoisotopic (exact) mass is 444 g/mol. The van der Waals surface area contributed by atoms with Gasteiger partial charge in [-0.3, -0.25) is 9.69 Å².